The van der Waals surface area contributed by atoms with Crippen molar-refractivity contribution in [2.24, 2.45) is 23.7 Å². The first-order valence-electron chi connectivity index (χ1n) is 13.3. The van der Waals surface area contributed by atoms with Crippen molar-refractivity contribution in [1.29, 1.82) is 0 Å². The molecule has 0 heteroatoms. The first-order valence-corrected chi connectivity index (χ1v) is 13.3. The minimum atomic E-state index is 0.552. The van der Waals surface area contributed by atoms with E-state index in [4.69, 9.17) is 0 Å². The van der Waals surface area contributed by atoms with Crippen molar-refractivity contribution in [3.8, 4) is 0 Å². The van der Waals surface area contributed by atoms with E-state index in [1.54, 1.807) is 5.57 Å². The summed E-state index contributed by atoms with van der Waals surface area (Å²) in [6.07, 6.45) is 7.60. The predicted molar refractivity (Wildman–Crippen MR) is 150 cm³/mol. The minimum Gasteiger partial charge on any atom is -0.0799 e. The molecule has 4 aromatic rings. The fraction of sp³-hybridized carbons (Fsp3) is 0.167. The molecular formula is C36H30. The molecule has 0 amide bonds. The highest BCUT2D eigenvalue weighted by Crippen LogP contribution is 2.64. The summed E-state index contributed by atoms with van der Waals surface area (Å²) in [5, 5.41) is 0. The maximum atomic E-state index is 2.54. The molecule has 0 spiro atoms. The number of hydrogen-bond donors (Lipinski definition) is 0. The van der Waals surface area contributed by atoms with Gasteiger partial charge in [0.05, 0.1) is 0 Å². The van der Waals surface area contributed by atoms with E-state index in [0.29, 0.717) is 23.7 Å². The fourth-order valence-corrected chi connectivity index (χ4v) is 7.28. The van der Waals surface area contributed by atoms with Gasteiger partial charge in [-0.1, -0.05) is 139 Å². The quantitative estimate of drug-likeness (QED) is 0.284. The zero-order valence-electron chi connectivity index (χ0n) is 20.4. The molecule has 0 radical (unpaired) electrons. The first kappa shape index (κ1) is 21.4. The van der Waals surface area contributed by atoms with Crippen LogP contribution in [0.25, 0.3) is 11.1 Å². The molecule has 0 heterocycles. The van der Waals surface area contributed by atoms with Gasteiger partial charge in [-0.05, 0) is 75.5 Å². The molecule has 4 aromatic carbocycles. The Hall–Kier alpha value is -3.90. The standard InChI is InChI=1S/C36H30/c1-5-13-25(14-6-1)33(26-15-7-2-8-16-26)31-23-21-29-30-22-24-32(35(29)31)36(30)34(27-17-9-3-10-18-27)28-19-11-4-12-20-28/h1-21,23,29-30,32,35H,22,24H2/t29-,30-,32-,35+/m1/s1. The van der Waals surface area contributed by atoms with Crippen molar-refractivity contribution in [2.75, 3.05) is 0 Å². The van der Waals surface area contributed by atoms with Crippen LogP contribution in [0.2, 0.25) is 0 Å². The molecule has 0 aromatic heterocycles. The van der Waals surface area contributed by atoms with Gasteiger partial charge in [-0.2, -0.15) is 0 Å². The van der Waals surface area contributed by atoms with Crippen molar-refractivity contribution < 1.29 is 0 Å². The SMILES string of the molecule is C1=C[C@H]2[C@@H](C1=C(c1ccccc1)c1ccccc1)[C@H]1CC[C@H]2C1=C(c1ccccc1)c1ccccc1. The number of hydrogen-bond acceptors (Lipinski definition) is 0. The second kappa shape index (κ2) is 8.95. The van der Waals surface area contributed by atoms with E-state index >= 15 is 0 Å². The van der Waals surface area contributed by atoms with Gasteiger partial charge in [-0.3, -0.25) is 0 Å². The third kappa shape index (κ3) is 3.44. The Kier molecular flexibility index (Phi) is 5.32. The highest BCUT2D eigenvalue weighted by Gasteiger charge is 2.54. The zero-order valence-corrected chi connectivity index (χ0v) is 20.4. The third-order valence-electron chi connectivity index (χ3n) is 8.58. The second-order valence-corrected chi connectivity index (χ2v) is 10.4. The maximum Gasteiger partial charge on any atom is -0.00208 e. The van der Waals surface area contributed by atoms with E-state index in [-0.39, 0.29) is 0 Å². The summed E-state index contributed by atoms with van der Waals surface area (Å²) in [4.78, 5) is 0. The maximum absolute atomic E-state index is 2.54. The second-order valence-electron chi connectivity index (χ2n) is 10.4. The number of allylic oxidation sites excluding steroid dienone is 4. The molecular weight excluding hydrogens is 432 g/mol. The normalized spacial score (nSPS) is 23.7. The molecule has 3 aliphatic carbocycles. The Balaban J connectivity index is 1.44. The summed E-state index contributed by atoms with van der Waals surface area (Å²) in [7, 11) is 0. The van der Waals surface area contributed by atoms with Crippen LogP contribution in [-0.2, 0) is 0 Å². The zero-order chi connectivity index (χ0) is 23.9. The Morgan fingerprint density at radius 2 is 0.889 bits per heavy atom. The molecule has 7 rings (SSSR count). The van der Waals surface area contributed by atoms with E-state index in [1.807, 2.05) is 0 Å². The molecule has 2 saturated carbocycles. The van der Waals surface area contributed by atoms with Gasteiger partial charge in [0.15, 0.2) is 0 Å². The van der Waals surface area contributed by atoms with Gasteiger partial charge in [0, 0.05) is 0 Å². The number of benzene rings is 4. The monoisotopic (exact) mass is 462 g/mol. The minimum absolute atomic E-state index is 0.552. The highest BCUT2D eigenvalue weighted by molar-refractivity contribution is 5.87. The van der Waals surface area contributed by atoms with Crippen LogP contribution < -0.4 is 0 Å². The molecule has 36 heavy (non-hydrogen) atoms. The summed E-state index contributed by atoms with van der Waals surface area (Å²) in [5.74, 6) is 2.36. The van der Waals surface area contributed by atoms with Crippen LogP contribution in [0, 0.1) is 23.7 Å². The largest absolute Gasteiger partial charge is 0.0799 e. The van der Waals surface area contributed by atoms with Crippen LogP contribution in [0.15, 0.2) is 145 Å². The summed E-state index contributed by atoms with van der Waals surface area (Å²) < 4.78 is 0. The first-order chi connectivity index (χ1) is 17.9. The van der Waals surface area contributed by atoms with Crippen molar-refractivity contribution in [3.05, 3.63) is 167 Å². The van der Waals surface area contributed by atoms with Crippen LogP contribution in [-0.4, -0.2) is 0 Å². The molecule has 0 aliphatic heterocycles. The Morgan fingerprint density at radius 3 is 1.36 bits per heavy atom. The van der Waals surface area contributed by atoms with Gasteiger partial charge in [-0.25, -0.2) is 0 Å². The molecule has 174 valence electrons. The lowest BCUT2D eigenvalue weighted by molar-refractivity contribution is 0.322. The van der Waals surface area contributed by atoms with Crippen LogP contribution in [0.5, 0.6) is 0 Å². The van der Waals surface area contributed by atoms with Gasteiger partial charge < -0.3 is 0 Å². The smallest absolute Gasteiger partial charge is 0.00208 e. The molecule has 2 bridgehead atoms. The fourth-order valence-electron chi connectivity index (χ4n) is 7.28. The van der Waals surface area contributed by atoms with E-state index in [0.717, 1.165) is 0 Å². The average molecular weight is 463 g/mol. The Labute approximate surface area is 214 Å². The molecule has 0 nitrogen and oxygen atoms in total. The summed E-state index contributed by atoms with van der Waals surface area (Å²) in [5.41, 5.74) is 11.5. The average Bonchev–Trinajstić information content (AvgIpc) is 3.64. The van der Waals surface area contributed by atoms with Crippen LogP contribution in [0.1, 0.15) is 35.1 Å². The van der Waals surface area contributed by atoms with Crippen LogP contribution in [0.3, 0.4) is 0 Å². The lowest BCUT2D eigenvalue weighted by Crippen LogP contribution is -2.19. The van der Waals surface area contributed by atoms with Crippen molar-refractivity contribution in [3.63, 3.8) is 0 Å². The highest BCUT2D eigenvalue weighted by atomic mass is 14.6. The van der Waals surface area contributed by atoms with Crippen molar-refractivity contribution in [2.45, 2.75) is 12.8 Å². The topological polar surface area (TPSA) is 0 Å². The molecule has 0 N–H and O–H groups in total. The summed E-state index contributed by atoms with van der Waals surface area (Å²) in [6, 6.07) is 44.2. The molecule has 3 aliphatic rings. The van der Waals surface area contributed by atoms with Crippen molar-refractivity contribution in [1.82, 2.24) is 0 Å². The number of rotatable bonds is 4. The van der Waals surface area contributed by atoms with Gasteiger partial charge in [-0.15, -0.1) is 0 Å². The summed E-state index contributed by atoms with van der Waals surface area (Å²) in [6.45, 7) is 0. The molecule has 0 saturated heterocycles. The lowest BCUT2D eigenvalue weighted by Gasteiger charge is -2.27. The number of fused-ring (bicyclic) bond motifs is 5. The van der Waals surface area contributed by atoms with E-state index < -0.39 is 0 Å². The van der Waals surface area contributed by atoms with Gasteiger partial charge in [0.2, 0.25) is 0 Å². The Morgan fingerprint density at radius 1 is 0.472 bits per heavy atom. The van der Waals surface area contributed by atoms with Gasteiger partial charge >= 0.3 is 0 Å². The predicted octanol–water partition coefficient (Wildman–Crippen LogP) is 8.83. The van der Waals surface area contributed by atoms with Gasteiger partial charge in [0.25, 0.3) is 0 Å². The van der Waals surface area contributed by atoms with E-state index in [2.05, 4.69) is 133 Å². The van der Waals surface area contributed by atoms with E-state index in [9.17, 15) is 0 Å². The Bertz CT molecular complexity index is 1370. The van der Waals surface area contributed by atoms with Gasteiger partial charge in [0.1, 0.15) is 0 Å². The van der Waals surface area contributed by atoms with Crippen LogP contribution in [0.4, 0.5) is 0 Å². The molecule has 0 unspecified atom stereocenters. The lowest BCUT2D eigenvalue weighted by atomic mass is 9.76. The van der Waals surface area contributed by atoms with Crippen molar-refractivity contribution >= 4 is 11.1 Å². The molecule has 4 atom stereocenters. The van der Waals surface area contributed by atoms with E-state index in [1.165, 1.54) is 51.8 Å². The molecule has 2 fully saturated rings. The summed E-state index contributed by atoms with van der Waals surface area (Å²) >= 11 is 0. The third-order valence-corrected chi connectivity index (χ3v) is 8.58. The van der Waals surface area contributed by atoms with Crippen LogP contribution >= 0.6 is 0 Å².